The van der Waals surface area contributed by atoms with Crippen molar-refractivity contribution in [3.63, 3.8) is 0 Å². The zero-order valence-electron chi connectivity index (χ0n) is 13.3. The maximum absolute atomic E-state index is 12.7. The lowest BCUT2D eigenvalue weighted by molar-refractivity contribution is -0.199. The predicted molar refractivity (Wildman–Crippen MR) is 87.3 cm³/mol. The predicted octanol–water partition coefficient (Wildman–Crippen LogP) is 2.17. The minimum Gasteiger partial charge on any atom is -0.392 e. The van der Waals surface area contributed by atoms with Crippen LogP contribution in [0.1, 0.15) is 29.6 Å². The summed E-state index contributed by atoms with van der Waals surface area (Å²) in [5.41, 5.74) is 1.56. The Kier molecular flexibility index (Phi) is 3.43. The molecule has 5 heteroatoms. The number of hydrogen-bond acceptors (Lipinski definition) is 3. The van der Waals surface area contributed by atoms with Crippen molar-refractivity contribution < 1.29 is 14.6 Å². The van der Waals surface area contributed by atoms with Crippen molar-refractivity contribution in [1.82, 2.24) is 9.88 Å². The molecule has 2 aromatic rings. The molecule has 5 nitrogen and oxygen atoms in total. The third kappa shape index (κ3) is 2.18. The molecule has 2 unspecified atom stereocenters. The van der Waals surface area contributed by atoms with Crippen molar-refractivity contribution in [3.8, 4) is 0 Å². The number of ether oxygens (including phenoxy) is 1. The van der Waals surface area contributed by atoms with Gasteiger partial charge in [-0.05, 0) is 36.4 Å². The van der Waals surface area contributed by atoms with E-state index in [4.69, 9.17) is 4.74 Å². The Labute approximate surface area is 135 Å². The molecule has 2 atom stereocenters. The number of aromatic nitrogens is 1. The molecule has 1 aliphatic carbocycles. The van der Waals surface area contributed by atoms with Crippen molar-refractivity contribution in [3.05, 3.63) is 36.0 Å². The van der Waals surface area contributed by atoms with Crippen LogP contribution in [0.4, 0.5) is 0 Å². The van der Waals surface area contributed by atoms with Gasteiger partial charge in [0.05, 0.1) is 12.2 Å². The second-order valence-corrected chi connectivity index (χ2v) is 6.78. The summed E-state index contributed by atoms with van der Waals surface area (Å²) in [6.07, 6.45) is 4.05. The fraction of sp³-hybridized carbons (Fsp3) is 0.500. The van der Waals surface area contributed by atoms with Gasteiger partial charge in [0.25, 0.3) is 5.91 Å². The molecule has 1 aliphatic heterocycles. The molecule has 2 N–H and O–H groups in total. The number of rotatable bonds is 2. The molecule has 122 valence electrons. The number of nitrogens with zero attached hydrogens (tertiary/aromatic N) is 1. The van der Waals surface area contributed by atoms with Gasteiger partial charge in [-0.15, -0.1) is 0 Å². The van der Waals surface area contributed by atoms with Gasteiger partial charge in [0.2, 0.25) is 0 Å². The number of piperidine rings is 1. The number of benzene rings is 1. The fourth-order valence-electron chi connectivity index (χ4n) is 4.20. The van der Waals surface area contributed by atoms with E-state index in [1.807, 2.05) is 35.4 Å². The van der Waals surface area contributed by atoms with Crippen LogP contribution >= 0.6 is 0 Å². The molecule has 0 bridgehead atoms. The van der Waals surface area contributed by atoms with Gasteiger partial charge in [0, 0.05) is 49.3 Å². The highest BCUT2D eigenvalue weighted by Gasteiger charge is 2.56. The second-order valence-electron chi connectivity index (χ2n) is 6.78. The van der Waals surface area contributed by atoms with Gasteiger partial charge in [-0.3, -0.25) is 4.79 Å². The highest BCUT2D eigenvalue weighted by atomic mass is 16.5. The average Bonchev–Trinajstić information content (AvgIpc) is 3.06. The highest BCUT2D eigenvalue weighted by Crippen LogP contribution is 2.50. The minimum absolute atomic E-state index is 0.0686. The summed E-state index contributed by atoms with van der Waals surface area (Å²) in [4.78, 5) is 17.8. The topological polar surface area (TPSA) is 65.6 Å². The van der Waals surface area contributed by atoms with Gasteiger partial charge in [0.1, 0.15) is 0 Å². The van der Waals surface area contributed by atoms with Crippen LogP contribution in [0.15, 0.2) is 30.5 Å². The molecule has 2 aliphatic rings. The Morgan fingerprint density at radius 3 is 2.83 bits per heavy atom. The van der Waals surface area contributed by atoms with Crippen LogP contribution in [0.3, 0.4) is 0 Å². The van der Waals surface area contributed by atoms with Crippen LogP contribution in [0.25, 0.3) is 10.9 Å². The Hall–Kier alpha value is -1.85. The largest absolute Gasteiger partial charge is 0.392 e. The number of likely N-dealkylation sites (tertiary alicyclic amines) is 1. The van der Waals surface area contributed by atoms with E-state index in [0.29, 0.717) is 25.1 Å². The third-order valence-corrected chi connectivity index (χ3v) is 5.81. The summed E-state index contributed by atoms with van der Waals surface area (Å²) in [6, 6.07) is 7.77. The lowest BCUT2D eigenvalue weighted by Crippen LogP contribution is -2.62. The quantitative estimate of drug-likeness (QED) is 0.893. The van der Waals surface area contributed by atoms with Gasteiger partial charge in [-0.2, -0.15) is 0 Å². The van der Waals surface area contributed by atoms with E-state index in [1.165, 1.54) is 0 Å². The van der Waals surface area contributed by atoms with Crippen LogP contribution < -0.4 is 0 Å². The smallest absolute Gasteiger partial charge is 0.253 e. The molecule has 2 fully saturated rings. The number of carbonyl (C=O) groups is 1. The first-order valence-electron chi connectivity index (χ1n) is 8.21. The zero-order valence-corrected chi connectivity index (χ0v) is 13.3. The van der Waals surface area contributed by atoms with Crippen molar-refractivity contribution in [1.29, 1.82) is 0 Å². The fourth-order valence-corrected chi connectivity index (χ4v) is 4.20. The van der Waals surface area contributed by atoms with Crippen molar-refractivity contribution >= 4 is 16.8 Å². The molecular formula is C18H22N2O3. The maximum atomic E-state index is 12.7. The van der Waals surface area contributed by atoms with E-state index in [0.717, 1.165) is 23.7 Å². The number of nitrogens with one attached hydrogen (secondary N) is 1. The molecule has 2 heterocycles. The van der Waals surface area contributed by atoms with Gasteiger partial charge < -0.3 is 19.7 Å². The van der Waals surface area contributed by atoms with Crippen LogP contribution in [0.2, 0.25) is 0 Å². The SMILES string of the molecule is COC1CC(O)C12CCN(C(=O)c1ccc3cc[nH]c3c1)CC2. The summed E-state index contributed by atoms with van der Waals surface area (Å²) in [6.45, 7) is 1.36. The maximum Gasteiger partial charge on any atom is 0.253 e. The molecular weight excluding hydrogens is 292 g/mol. The van der Waals surface area contributed by atoms with Crippen LogP contribution in [0.5, 0.6) is 0 Å². The molecule has 1 aromatic carbocycles. The van der Waals surface area contributed by atoms with Crippen molar-refractivity contribution in [2.75, 3.05) is 20.2 Å². The second kappa shape index (κ2) is 5.35. The first kappa shape index (κ1) is 14.7. The molecule has 1 amide bonds. The van der Waals surface area contributed by atoms with E-state index >= 15 is 0 Å². The standard InChI is InChI=1S/C18H22N2O3/c1-23-16-11-15(21)18(16)5-8-20(9-6-18)17(22)13-3-2-12-4-7-19-14(12)10-13/h2-4,7,10,15-16,19,21H,5-6,8-9,11H2,1H3. The van der Waals surface area contributed by atoms with Gasteiger partial charge in [0.15, 0.2) is 0 Å². The summed E-state index contributed by atoms with van der Waals surface area (Å²) >= 11 is 0. The molecule has 1 spiro atoms. The molecule has 4 rings (SSSR count). The Morgan fingerprint density at radius 2 is 2.13 bits per heavy atom. The zero-order chi connectivity index (χ0) is 16.0. The number of aromatic amines is 1. The highest BCUT2D eigenvalue weighted by molar-refractivity contribution is 5.98. The molecule has 0 radical (unpaired) electrons. The summed E-state index contributed by atoms with van der Waals surface area (Å²) in [5.74, 6) is 0.0686. The molecule has 1 saturated heterocycles. The van der Waals surface area contributed by atoms with E-state index in [9.17, 15) is 9.90 Å². The Morgan fingerprint density at radius 1 is 1.35 bits per heavy atom. The number of aliphatic hydroxyl groups excluding tert-OH is 1. The summed E-state index contributed by atoms with van der Waals surface area (Å²) in [5, 5.41) is 11.3. The van der Waals surface area contributed by atoms with Gasteiger partial charge >= 0.3 is 0 Å². The van der Waals surface area contributed by atoms with E-state index in [2.05, 4.69) is 4.98 Å². The van der Waals surface area contributed by atoms with Crippen molar-refractivity contribution in [2.45, 2.75) is 31.5 Å². The van der Waals surface area contributed by atoms with Gasteiger partial charge in [-0.25, -0.2) is 0 Å². The first-order valence-corrected chi connectivity index (χ1v) is 8.21. The number of fused-ring (bicyclic) bond motifs is 1. The number of methoxy groups -OCH3 is 1. The average molecular weight is 314 g/mol. The number of H-pyrrole nitrogens is 1. The van der Waals surface area contributed by atoms with E-state index in [-0.39, 0.29) is 23.5 Å². The lowest BCUT2D eigenvalue weighted by Gasteiger charge is -2.56. The number of amides is 1. The summed E-state index contributed by atoms with van der Waals surface area (Å²) < 4.78 is 5.50. The first-order chi connectivity index (χ1) is 11.1. The third-order valence-electron chi connectivity index (χ3n) is 5.81. The lowest BCUT2D eigenvalue weighted by atomic mass is 9.58. The monoisotopic (exact) mass is 314 g/mol. The van der Waals surface area contributed by atoms with E-state index < -0.39 is 0 Å². The number of carbonyl (C=O) groups excluding carboxylic acids is 1. The summed E-state index contributed by atoms with van der Waals surface area (Å²) in [7, 11) is 1.71. The molecule has 1 saturated carbocycles. The number of hydrogen-bond donors (Lipinski definition) is 2. The molecule has 23 heavy (non-hydrogen) atoms. The van der Waals surface area contributed by atoms with Crippen LogP contribution in [-0.2, 0) is 4.74 Å². The Bertz CT molecular complexity index is 731. The van der Waals surface area contributed by atoms with Crippen LogP contribution in [0, 0.1) is 5.41 Å². The minimum atomic E-state index is -0.292. The normalized spacial score (nSPS) is 26.4. The van der Waals surface area contributed by atoms with Gasteiger partial charge in [-0.1, -0.05) is 6.07 Å². The number of aliphatic hydroxyl groups is 1. The van der Waals surface area contributed by atoms with E-state index in [1.54, 1.807) is 7.11 Å². The Balaban J connectivity index is 1.48. The van der Waals surface area contributed by atoms with Crippen LogP contribution in [-0.4, -0.2) is 53.3 Å². The van der Waals surface area contributed by atoms with Crippen molar-refractivity contribution in [2.24, 2.45) is 5.41 Å². The molecule has 1 aromatic heterocycles.